The normalized spacial score (nSPS) is 21.0. The van der Waals surface area contributed by atoms with Crippen LogP contribution < -0.4 is 16.0 Å². The molecule has 5 heteroatoms. The second-order valence-corrected chi connectivity index (χ2v) is 6.73. The summed E-state index contributed by atoms with van der Waals surface area (Å²) in [5, 5.41) is 2.95. The average Bonchev–Trinajstić information content (AvgIpc) is 3.43. The van der Waals surface area contributed by atoms with Crippen molar-refractivity contribution in [1.82, 2.24) is 5.32 Å². The van der Waals surface area contributed by atoms with E-state index in [0.717, 1.165) is 30.6 Å². The molecule has 2 amide bonds. The van der Waals surface area contributed by atoms with E-state index in [-0.39, 0.29) is 17.7 Å². The van der Waals surface area contributed by atoms with E-state index in [1.165, 1.54) is 12.8 Å². The number of carbonyl (C=O) groups is 2. The number of nitrogens with zero attached hydrogens (tertiary/aromatic N) is 1. The Bertz CT molecular complexity index is 637. The fourth-order valence-corrected chi connectivity index (χ4v) is 3.15. The molecule has 1 aliphatic carbocycles. The molecular weight excluding hydrogens is 302 g/mol. The summed E-state index contributed by atoms with van der Waals surface area (Å²) in [6.45, 7) is 2.06. The maximum atomic E-state index is 11.9. The maximum absolute atomic E-state index is 11.9. The van der Waals surface area contributed by atoms with Gasteiger partial charge in [-0.05, 0) is 49.3 Å². The molecule has 128 valence electrons. The molecule has 1 atom stereocenters. The highest BCUT2D eigenvalue weighted by Gasteiger charge is 2.25. The molecule has 0 radical (unpaired) electrons. The molecule has 1 heterocycles. The van der Waals surface area contributed by atoms with Gasteiger partial charge in [0.15, 0.2) is 0 Å². The predicted octanol–water partition coefficient (Wildman–Crippen LogP) is 1.97. The number of nitrogens with two attached hydrogens (primary N) is 1. The molecule has 0 aromatic heterocycles. The van der Waals surface area contributed by atoms with Crippen molar-refractivity contribution in [3.8, 4) is 0 Å². The van der Waals surface area contributed by atoms with Gasteiger partial charge in [0.1, 0.15) is 0 Å². The molecule has 2 aliphatic rings. The Morgan fingerprint density at radius 3 is 2.79 bits per heavy atom. The molecule has 0 spiro atoms. The van der Waals surface area contributed by atoms with E-state index in [4.69, 9.17) is 5.73 Å². The van der Waals surface area contributed by atoms with E-state index < -0.39 is 0 Å². The van der Waals surface area contributed by atoms with Crippen molar-refractivity contribution in [1.29, 1.82) is 0 Å². The summed E-state index contributed by atoms with van der Waals surface area (Å²) in [5.41, 5.74) is 7.62. The number of hydrogen-bond donors (Lipinski definition) is 2. The van der Waals surface area contributed by atoms with Gasteiger partial charge in [-0.1, -0.05) is 24.3 Å². The van der Waals surface area contributed by atoms with Gasteiger partial charge in [0.2, 0.25) is 11.8 Å². The Kier molecular flexibility index (Phi) is 5.18. The number of amides is 2. The van der Waals surface area contributed by atoms with Crippen LogP contribution in [0.1, 0.15) is 31.2 Å². The van der Waals surface area contributed by atoms with Gasteiger partial charge in [0.05, 0.1) is 5.92 Å². The van der Waals surface area contributed by atoms with Crippen LogP contribution in [0.15, 0.2) is 36.4 Å². The molecule has 2 fully saturated rings. The Morgan fingerprint density at radius 2 is 2.04 bits per heavy atom. The SMILES string of the molecule is NC(=O)C1CCCN(c2ccccc2CNC(=O)C=CC2CC2)C1. The second kappa shape index (κ2) is 7.51. The quantitative estimate of drug-likeness (QED) is 0.784. The highest BCUT2D eigenvalue weighted by atomic mass is 16.1. The summed E-state index contributed by atoms with van der Waals surface area (Å²) < 4.78 is 0. The van der Waals surface area contributed by atoms with Crippen molar-refractivity contribution in [3.05, 3.63) is 42.0 Å². The van der Waals surface area contributed by atoms with Crippen LogP contribution >= 0.6 is 0 Å². The van der Waals surface area contributed by atoms with Crippen molar-refractivity contribution in [2.45, 2.75) is 32.2 Å². The minimum Gasteiger partial charge on any atom is -0.370 e. The lowest BCUT2D eigenvalue weighted by atomic mass is 9.96. The number of carbonyl (C=O) groups excluding carboxylic acids is 2. The summed E-state index contributed by atoms with van der Waals surface area (Å²) in [4.78, 5) is 25.6. The summed E-state index contributed by atoms with van der Waals surface area (Å²) in [7, 11) is 0. The van der Waals surface area contributed by atoms with Gasteiger partial charge in [-0.3, -0.25) is 9.59 Å². The number of allylic oxidation sites excluding steroid dienone is 1. The molecule has 24 heavy (non-hydrogen) atoms. The van der Waals surface area contributed by atoms with Crippen LogP contribution in [0.5, 0.6) is 0 Å². The third kappa shape index (κ3) is 4.37. The number of anilines is 1. The first-order valence-electron chi connectivity index (χ1n) is 8.71. The monoisotopic (exact) mass is 327 g/mol. The molecule has 3 N–H and O–H groups in total. The number of piperidine rings is 1. The molecule has 1 saturated carbocycles. The van der Waals surface area contributed by atoms with Crippen molar-refractivity contribution < 1.29 is 9.59 Å². The summed E-state index contributed by atoms with van der Waals surface area (Å²) in [6.07, 6.45) is 7.84. The first kappa shape index (κ1) is 16.6. The van der Waals surface area contributed by atoms with Crippen LogP contribution in [0.3, 0.4) is 0 Å². The van der Waals surface area contributed by atoms with E-state index in [9.17, 15) is 9.59 Å². The highest BCUT2D eigenvalue weighted by molar-refractivity contribution is 5.87. The van der Waals surface area contributed by atoms with E-state index in [2.05, 4.69) is 10.2 Å². The number of nitrogens with one attached hydrogen (secondary N) is 1. The van der Waals surface area contributed by atoms with Crippen LogP contribution in [0.4, 0.5) is 5.69 Å². The van der Waals surface area contributed by atoms with Gasteiger partial charge < -0.3 is 16.0 Å². The zero-order chi connectivity index (χ0) is 16.9. The first-order valence-corrected chi connectivity index (χ1v) is 8.71. The lowest BCUT2D eigenvalue weighted by molar-refractivity contribution is -0.122. The van der Waals surface area contributed by atoms with Crippen molar-refractivity contribution in [2.24, 2.45) is 17.6 Å². The number of primary amides is 1. The molecule has 1 unspecified atom stereocenters. The molecule has 1 saturated heterocycles. The summed E-state index contributed by atoms with van der Waals surface area (Å²) >= 11 is 0. The fraction of sp³-hybridized carbons (Fsp3) is 0.474. The van der Waals surface area contributed by atoms with Gasteiger partial charge in [-0.15, -0.1) is 0 Å². The van der Waals surface area contributed by atoms with Gasteiger partial charge in [-0.2, -0.15) is 0 Å². The lowest BCUT2D eigenvalue weighted by Crippen LogP contribution is -2.41. The largest absolute Gasteiger partial charge is 0.370 e. The van der Waals surface area contributed by atoms with Crippen molar-refractivity contribution in [3.63, 3.8) is 0 Å². The molecule has 1 aliphatic heterocycles. The topological polar surface area (TPSA) is 75.4 Å². The molecular formula is C19H25N3O2. The van der Waals surface area contributed by atoms with Crippen molar-refractivity contribution >= 4 is 17.5 Å². The van der Waals surface area contributed by atoms with Crippen molar-refractivity contribution in [2.75, 3.05) is 18.0 Å². The standard InChI is InChI=1S/C19H25N3O2/c20-19(24)16-5-3-11-22(13-16)17-6-2-1-4-15(17)12-21-18(23)10-9-14-7-8-14/h1-2,4,6,9-10,14,16H,3,5,7-8,11-13H2,(H2,20,24)(H,21,23). The Labute approximate surface area is 142 Å². The van der Waals surface area contributed by atoms with Gasteiger partial charge in [-0.25, -0.2) is 0 Å². The van der Waals surface area contributed by atoms with Gasteiger partial charge in [0.25, 0.3) is 0 Å². The Morgan fingerprint density at radius 1 is 1.25 bits per heavy atom. The Balaban J connectivity index is 1.63. The third-order valence-corrected chi connectivity index (χ3v) is 4.75. The minimum atomic E-state index is -0.226. The minimum absolute atomic E-state index is 0.0506. The fourth-order valence-electron chi connectivity index (χ4n) is 3.15. The number of para-hydroxylation sites is 1. The van der Waals surface area contributed by atoms with Crippen LogP contribution in [-0.4, -0.2) is 24.9 Å². The first-order chi connectivity index (χ1) is 11.6. The van der Waals surface area contributed by atoms with Crippen LogP contribution in [-0.2, 0) is 16.1 Å². The zero-order valence-electron chi connectivity index (χ0n) is 13.9. The number of benzene rings is 1. The predicted molar refractivity (Wildman–Crippen MR) is 94.3 cm³/mol. The van der Waals surface area contributed by atoms with Crippen LogP contribution in [0.2, 0.25) is 0 Å². The smallest absolute Gasteiger partial charge is 0.243 e. The maximum Gasteiger partial charge on any atom is 0.243 e. The van der Waals surface area contributed by atoms with Crippen LogP contribution in [0, 0.1) is 11.8 Å². The average molecular weight is 327 g/mol. The molecule has 1 aromatic rings. The molecule has 1 aromatic carbocycles. The Hall–Kier alpha value is -2.30. The molecule has 5 nitrogen and oxygen atoms in total. The zero-order valence-corrected chi connectivity index (χ0v) is 13.9. The highest BCUT2D eigenvalue weighted by Crippen LogP contribution is 2.30. The van der Waals surface area contributed by atoms with E-state index in [1.807, 2.05) is 30.3 Å². The second-order valence-electron chi connectivity index (χ2n) is 6.73. The number of hydrogen-bond acceptors (Lipinski definition) is 3. The van der Waals surface area contributed by atoms with Crippen LogP contribution in [0.25, 0.3) is 0 Å². The third-order valence-electron chi connectivity index (χ3n) is 4.75. The van der Waals surface area contributed by atoms with E-state index >= 15 is 0 Å². The van der Waals surface area contributed by atoms with E-state index in [0.29, 0.717) is 19.0 Å². The van der Waals surface area contributed by atoms with Gasteiger partial charge in [0, 0.05) is 25.3 Å². The molecule has 3 rings (SSSR count). The number of rotatable bonds is 6. The van der Waals surface area contributed by atoms with E-state index in [1.54, 1.807) is 6.08 Å². The molecule has 0 bridgehead atoms. The lowest BCUT2D eigenvalue weighted by Gasteiger charge is -2.34. The summed E-state index contributed by atoms with van der Waals surface area (Å²) in [5.74, 6) is 0.228. The summed E-state index contributed by atoms with van der Waals surface area (Å²) in [6, 6.07) is 8.03. The van der Waals surface area contributed by atoms with Gasteiger partial charge >= 0.3 is 0 Å².